The Morgan fingerprint density at radius 1 is 1.33 bits per heavy atom. The number of benzene rings is 1. The second kappa shape index (κ2) is 11.6. The minimum absolute atomic E-state index is 0. The number of likely N-dealkylation sites (N-methyl/N-ethyl adjacent to an activating group) is 1. The lowest BCUT2D eigenvalue weighted by Gasteiger charge is -2.24. The summed E-state index contributed by atoms with van der Waals surface area (Å²) in [6, 6.07) is 8.49. The third-order valence-electron chi connectivity index (χ3n) is 4.73. The molecule has 4 nitrogen and oxygen atoms in total. The summed E-state index contributed by atoms with van der Waals surface area (Å²) in [5, 5.41) is 3.10. The number of rotatable bonds is 7. The van der Waals surface area contributed by atoms with Gasteiger partial charge in [-0.1, -0.05) is 18.6 Å². The molecule has 0 bridgehead atoms. The zero-order valence-electron chi connectivity index (χ0n) is 14.7. The van der Waals surface area contributed by atoms with Crippen molar-refractivity contribution >= 4 is 36.4 Å². The second-order valence-electron chi connectivity index (χ2n) is 6.24. The number of halogens is 2. The maximum absolute atomic E-state index is 12.3. The molecular weight excluding hydrogens is 345 g/mol. The third-order valence-corrected chi connectivity index (χ3v) is 4.73. The van der Waals surface area contributed by atoms with Gasteiger partial charge in [-0.2, -0.15) is 0 Å². The van der Waals surface area contributed by atoms with Crippen LogP contribution in [0.5, 0.6) is 0 Å². The van der Waals surface area contributed by atoms with Crippen molar-refractivity contribution in [1.82, 2.24) is 5.32 Å². The highest BCUT2D eigenvalue weighted by Crippen LogP contribution is 2.30. The van der Waals surface area contributed by atoms with E-state index in [1.165, 1.54) is 11.3 Å². The minimum Gasteiger partial charge on any atom is -0.370 e. The van der Waals surface area contributed by atoms with Gasteiger partial charge in [-0.3, -0.25) is 4.79 Å². The van der Waals surface area contributed by atoms with Crippen LogP contribution in [0.1, 0.15) is 31.7 Å². The van der Waals surface area contributed by atoms with Gasteiger partial charge in [0.2, 0.25) is 5.91 Å². The van der Waals surface area contributed by atoms with Gasteiger partial charge in [0, 0.05) is 31.2 Å². The van der Waals surface area contributed by atoms with Gasteiger partial charge in [0.15, 0.2) is 0 Å². The van der Waals surface area contributed by atoms with Crippen LogP contribution in [0.3, 0.4) is 0 Å². The molecule has 1 aliphatic carbocycles. The molecule has 0 unspecified atom stereocenters. The lowest BCUT2D eigenvalue weighted by atomic mass is 9.95. The molecule has 1 aromatic rings. The van der Waals surface area contributed by atoms with Crippen molar-refractivity contribution in [2.75, 3.05) is 31.1 Å². The number of amides is 1. The van der Waals surface area contributed by atoms with E-state index in [0.29, 0.717) is 19.0 Å². The highest BCUT2D eigenvalue weighted by atomic mass is 35.5. The number of nitrogens with one attached hydrogen (secondary N) is 1. The van der Waals surface area contributed by atoms with Crippen molar-refractivity contribution in [2.45, 2.75) is 33.1 Å². The van der Waals surface area contributed by atoms with Crippen LogP contribution in [0.4, 0.5) is 5.69 Å². The summed E-state index contributed by atoms with van der Waals surface area (Å²) in [7, 11) is 0. The molecule has 2 atom stereocenters. The molecule has 0 spiro atoms. The van der Waals surface area contributed by atoms with Gasteiger partial charge in [-0.15, -0.1) is 24.8 Å². The normalized spacial score (nSPS) is 19.1. The summed E-state index contributed by atoms with van der Waals surface area (Å²) in [4.78, 5) is 14.6. The zero-order chi connectivity index (χ0) is 15.9. The van der Waals surface area contributed by atoms with Crippen molar-refractivity contribution in [2.24, 2.45) is 17.6 Å². The summed E-state index contributed by atoms with van der Waals surface area (Å²) in [6.45, 7) is 7.34. The number of nitrogens with zero attached hydrogens (tertiary/aromatic N) is 1. The SMILES string of the molecule is CCN(CCNC(=O)[C@@H]1CCC[C@@H]1CN)c1cccc(C)c1.Cl.Cl. The molecule has 1 aliphatic rings. The van der Waals surface area contributed by atoms with Crippen molar-refractivity contribution in [3.63, 3.8) is 0 Å². The van der Waals surface area contributed by atoms with Crippen LogP contribution in [0, 0.1) is 18.8 Å². The Balaban J connectivity index is 0.00000264. The van der Waals surface area contributed by atoms with Crippen LogP contribution < -0.4 is 16.0 Å². The quantitative estimate of drug-likeness (QED) is 0.769. The number of carbonyl (C=O) groups is 1. The first-order valence-corrected chi connectivity index (χ1v) is 8.45. The van der Waals surface area contributed by atoms with Gasteiger partial charge in [0.1, 0.15) is 0 Å². The van der Waals surface area contributed by atoms with Gasteiger partial charge in [-0.25, -0.2) is 0 Å². The molecule has 1 aromatic carbocycles. The standard InChI is InChI=1S/C18H29N3O.2ClH/c1-3-21(16-8-4-6-14(2)12-16)11-10-20-18(22)17-9-5-7-15(17)13-19;;/h4,6,8,12,15,17H,3,5,7,9-11,13,19H2,1-2H3,(H,20,22);2*1H/t15-,17-;;/m1../s1. The summed E-state index contributed by atoms with van der Waals surface area (Å²) in [6.07, 6.45) is 3.21. The Bertz CT molecular complexity index is 499. The van der Waals surface area contributed by atoms with E-state index in [2.05, 4.69) is 48.3 Å². The lowest BCUT2D eigenvalue weighted by Crippen LogP contribution is -2.39. The van der Waals surface area contributed by atoms with E-state index in [4.69, 9.17) is 5.73 Å². The molecule has 1 amide bonds. The largest absolute Gasteiger partial charge is 0.370 e. The first-order chi connectivity index (χ1) is 10.7. The van der Waals surface area contributed by atoms with Crippen LogP contribution in [0.15, 0.2) is 24.3 Å². The van der Waals surface area contributed by atoms with Gasteiger partial charge < -0.3 is 16.0 Å². The summed E-state index contributed by atoms with van der Waals surface area (Å²) < 4.78 is 0. The molecule has 0 heterocycles. The fourth-order valence-electron chi connectivity index (χ4n) is 3.40. The van der Waals surface area contributed by atoms with E-state index in [0.717, 1.165) is 32.4 Å². The summed E-state index contributed by atoms with van der Waals surface area (Å²) in [5.74, 6) is 0.686. The fraction of sp³-hybridized carbons (Fsp3) is 0.611. The molecule has 0 aromatic heterocycles. The van der Waals surface area contributed by atoms with E-state index >= 15 is 0 Å². The average Bonchev–Trinajstić information content (AvgIpc) is 3.00. The maximum Gasteiger partial charge on any atom is 0.223 e. The third kappa shape index (κ3) is 6.15. The number of anilines is 1. The Morgan fingerprint density at radius 3 is 2.71 bits per heavy atom. The van der Waals surface area contributed by atoms with E-state index < -0.39 is 0 Å². The number of aryl methyl sites for hydroxylation is 1. The van der Waals surface area contributed by atoms with Crippen molar-refractivity contribution in [3.05, 3.63) is 29.8 Å². The Hall–Kier alpha value is -0.970. The number of carbonyl (C=O) groups excluding carboxylic acids is 1. The first kappa shape index (κ1) is 23.0. The van der Waals surface area contributed by atoms with Crippen LogP contribution >= 0.6 is 24.8 Å². The van der Waals surface area contributed by atoms with Gasteiger partial charge in [-0.05, 0) is 56.8 Å². The predicted octanol–water partition coefficient (Wildman–Crippen LogP) is 3.16. The molecular formula is C18H31Cl2N3O. The highest BCUT2D eigenvalue weighted by Gasteiger charge is 2.31. The summed E-state index contributed by atoms with van der Waals surface area (Å²) in [5.41, 5.74) is 8.24. The molecule has 1 saturated carbocycles. The molecule has 3 N–H and O–H groups in total. The molecule has 138 valence electrons. The predicted molar refractivity (Wildman–Crippen MR) is 106 cm³/mol. The van der Waals surface area contributed by atoms with E-state index in [-0.39, 0.29) is 36.6 Å². The van der Waals surface area contributed by atoms with Crippen molar-refractivity contribution in [3.8, 4) is 0 Å². The van der Waals surface area contributed by atoms with Gasteiger partial charge in [0.25, 0.3) is 0 Å². The summed E-state index contributed by atoms with van der Waals surface area (Å²) >= 11 is 0. The number of hydrogen-bond donors (Lipinski definition) is 2. The molecule has 0 radical (unpaired) electrons. The smallest absolute Gasteiger partial charge is 0.223 e. The molecule has 0 aliphatic heterocycles. The minimum atomic E-state index is 0. The first-order valence-electron chi connectivity index (χ1n) is 8.45. The van der Waals surface area contributed by atoms with Gasteiger partial charge >= 0.3 is 0 Å². The van der Waals surface area contributed by atoms with E-state index in [1.807, 2.05) is 0 Å². The number of nitrogens with two attached hydrogens (primary N) is 1. The van der Waals surface area contributed by atoms with Crippen molar-refractivity contribution < 1.29 is 4.79 Å². The number of hydrogen-bond acceptors (Lipinski definition) is 3. The van der Waals surface area contributed by atoms with Crippen LogP contribution in [-0.2, 0) is 4.79 Å². The fourth-order valence-corrected chi connectivity index (χ4v) is 3.40. The highest BCUT2D eigenvalue weighted by molar-refractivity contribution is 5.85. The monoisotopic (exact) mass is 375 g/mol. The average molecular weight is 376 g/mol. The van der Waals surface area contributed by atoms with E-state index in [1.54, 1.807) is 0 Å². The Kier molecular flexibility index (Phi) is 11.1. The van der Waals surface area contributed by atoms with Crippen LogP contribution in [0.25, 0.3) is 0 Å². The topological polar surface area (TPSA) is 58.4 Å². The maximum atomic E-state index is 12.3. The molecule has 6 heteroatoms. The molecule has 24 heavy (non-hydrogen) atoms. The van der Waals surface area contributed by atoms with E-state index in [9.17, 15) is 4.79 Å². The van der Waals surface area contributed by atoms with Crippen LogP contribution in [-0.4, -0.2) is 32.1 Å². The Labute approximate surface area is 158 Å². The van der Waals surface area contributed by atoms with Gasteiger partial charge in [0.05, 0.1) is 0 Å². The molecule has 1 fully saturated rings. The van der Waals surface area contributed by atoms with Crippen LogP contribution in [0.2, 0.25) is 0 Å². The zero-order valence-corrected chi connectivity index (χ0v) is 16.3. The Morgan fingerprint density at radius 2 is 2.08 bits per heavy atom. The molecule has 0 saturated heterocycles. The lowest BCUT2D eigenvalue weighted by molar-refractivity contribution is -0.125. The van der Waals surface area contributed by atoms with Crippen molar-refractivity contribution in [1.29, 1.82) is 0 Å². The molecule has 2 rings (SSSR count). The second-order valence-corrected chi connectivity index (χ2v) is 6.24.